The lowest BCUT2D eigenvalue weighted by molar-refractivity contribution is -0.120. The number of nitrogens with zero attached hydrogens (tertiary/aromatic N) is 2. The summed E-state index contributed by atoms with van der Waals surface area (Å²) >= 11 is 0. The van der Waals surface area contributed by atoms with Crippen LogP contribution in [0, 0.1) is 11.3 Å². The summed E-state index contributed by atoms with van der Waals surface area (Å²) in [4.78, 5) is 13.3. The second kappa shape index (κ2) is 8.21. The van der Waals surface area contributed by atoms with Crippen LogP contribution in [0.4, 0.5) is 0 Å². The number of nitrogens with one attached hydrogen (secondary N) is 2. The van der Waals surface area contributed by atoms with E-state index < -0.39 is 0 Å². The third-order valence-electron chi connectivity index (χ3n) is 1.81. The molecule has 0 aliphatic rings. The molecular weight excluding hydrogens is 192 g/mol. The predicted molar refractivity (Wildman–Crippen MR) is 59.3 cm³/mol. The molecule has 2 N–H and O–H groups in total. The van der Waals surface area contributed by atoms with E-state index in [-0.39, 0.29) is 11.9 Å². The average molecular weight is 212 g/mol. The average Bonchev–Trinajstić information content (AvgIpc) is 2.14. The number of hydrogen-bond donors (Lipinski definition) is 2. The number of hydrogen-bond acceptors (Lipinski definition) is 4. The van der Waals surface area contributed by atoms with Crippen molar-refractivity contribution in [2.24, 2.45) is 0 Å². The number of nitriles is 1. The van der Waals surface area contributed by atoms with Crippen LogP contribution in [0.15, 0.2) is 0 Å². The molecule has 1 atom stereocenters. The van der Waals surface area contributed by atoms with Gasteiger partial charge in [-0.25, -0.2) is 0 Å². The third kappa shape index (κ3) is 9.19. The second-order valence-electron chi connectivity index (χ2n) is 3.80. The van der Waals surface area contributed by atoms with Crippen molar-refractivity contribution in [2.45, 2.75) is 19.4 Å². The number of rotatable bonds is 7. The minimum atomic E-state index is -0.0594. The van der Waals surface area contributed by atoms with Gasteiger partial charge in [-0.1, -0.05) is 0 Å². The molecule has 86 valence electrons. The largest absolute Gasteiger partial charge is 0.354 e. The van der Waals surface area contributed by atoms with Gasteiger partial charge in [0.2, 0.25) is 5.91 Å². The van der Waals surface area contributed by atoms with Crippen molar-refractivity contribution in [3.8, 4) is 6.07 Å². The van der Waals surface area contributed by atoms with Gasteiger partial charge < -0.3 is 15.5 Å². The Kier molecular flexibility index (Phi) is 7.60. The van der Waals surface area contributed by atoms with Crippen LogP contribution in [0.1, 0.15) is 13.3 Å². The maximum Gasteiger partial charge on any atom is 0.233 e. The molecule has 0 aliphatic carbocycles. The van der Waals surface area contributed by atoms with Crippen LogP contribution in [-0.4, -0.2) is 50.6 Å². The Balaban J connectivity index is 3.49. The van der Waals surface area contributed by atoms with Crippen molar-refractivity contribution in [1.82, 2.24) is 15.5 Å². The van der Waals surface area contributed by atoms with E-state index >= 15 is 0 Å². The fourth-order valence-electron chi connectivity index (χ4n) is 1.20. The van der Waals surface area contributed by atoms with Crippen molar-refractivity contribution in [3.63, 3.8) is 0 Å². The Morgan fingerprint density at radius 2 is 2.20 bits per heavy atom. The first-order valence-corrected chi connectivity index (χ1v) is 5.08. The van der Waals surface area contributed by atoms with Crippen molar-refractivity contribution in [2.75, 3.05) is 33.7 Å². The summed E-state index contributed by atoms with van der Waals surface area (Å²) in [6.45, 7) is 3.66. The Hall–Kier alpha value is -1.12. The van der Waals surface area contributed by atoms with Gasteiger partial charge in [0, 0.05) is 19.1 Å². The molecule has 0 aromatic heterocycles. The van der Waals surface area contributed by atoms with E-state index in [1.807, 2.05) is 27.1 Å². The molecule has 0 bridgehead atoms. The van der Waals surface area contributed by atoms with Crippen LogP contribution in [0.2, 0.25) is 0 Å². The Morgan fingerprint density at radius 1 is 1.53 bits per heavy atom. The Bertz CT molecular complexity index is 222. The zero-order valence-electron chi connectivity index (χ0n) is 9.71. The predicted octanol–water partition coefficient (Wildman–Crippen LogP) is -0.444. The van der Waals surface area contributed by atoms with Crippen LogP contribution in [0.5, 0.6) is 0 Å². The number of carbonyl (C=O) groups is 1. The van der Waals surface area contributed by atoms with Gasteiger partial charge in [0.05, 0.1) is 19.0 Å². The first-order valence-electron chi connectivity index (χ1n) is 5.08. The van der Waals surface area contributed by atoms with Gasteiger partial charge >= 0.3 is 0 Å². The standard InChI is InChI=1S/C10H20N4O/c1-9(8-14(2)3)13-7-10(15)12-6-4-5-11/h9,13H,4,6-8H2,1-3H3,(H,12,15). The molecule has 0 saturated carbocycles. The van der Waals surface area contributed by atoms with Crippen molar-refractivity contribution < 1.29 is 4.79 Å². The number of carbonyl (C=O) groups excluding carboxylic acids is 1. The summed E-state index contributed by atoms with van der Waals surface area (Å²) in [5.41, 5.74) is 0. The zero-order valence-corrected chi connectivity index (χ0v) is 9.71. The molecule has 15 heavy (non-hydrogen) atoms. The zero-order chi connectivity index (χ0) is 11.7. The van der Waals surface area contributed by atoms with Crippen molar-refractivity contribution >= 4 is 5.91 Å². The van der Waals surface area contributed by atoms with E-state index in [2.05, 4.69) is 15.5 Å². The van der Waals surface area contributed by atoms with Gasteiger partial charge in [-0.3, -0.25) is 4.79 Å². The van der Waals surface area contributed by atoms with Crippen molar-refractivity contribution in [1.29, 1.82) is 5.26 Å². The van der Waals surface area contributed by atoms with Crippen LogP contribution < -0.4 is 10.6 Å². The minimum Gasteiger partial charge on any atom is -0.354 e. The molecule has 5 heteroatoms. The van der Waals surface area contributed by atoms with Crippen LogP contribution in [-0.2, 0) is 4.79 Å². The van der Waals surface area contributed by atoms with Crippen LogP contribution in [0.25, 0.3) is 0 Å². The van der Waals surface area contributed by atoms with E-state index in [0.717, 1.165) is 6.54 Å². The summed E-state index contributed by atoms with van der Waals surface area (Å²) in [6, 6.07) is 2.25. The van der Waals surface area contributed by atoms with E-state index in [1.54, 1.807) is 0 Å². The van der Waals surface area contributed by atoms with Crippen LogP contribution >= 0.6 is 0 Å². The molecule has 0 fully saturated rings. The molecule has 0 saturated heterocycles. The fraction of sp³-hybridized carbons (Fsp3) is 0.800. The highest BCUT2D eigenvalue weighted by Crippen LogP contribution is 1.83. The molecule has 0 spiro atoms. The topological polar surface area (TPSA) is 68.2 Å². The lowest BCUT2D eigenvalue weighted by Crippen LogP contribution is -2.42. The van der Waals surface area contributed by atoms with Gasteiger partial charge in [-0.2, -0.15) is 5.26 Å². The summed E-state index contributed by atoms with van der Waals surface area (Å²) in [6.07, 6.45) is 0.360. The Labute approximate surface area is 91.4 Å². The highest BCUT2D eigenvalue weighted by Gasteiger charge is 2.05. The molecule has 0 aromatic carbocycles. The molecule has 5 nitrogen and oxygen atoms in total. The summed E-state index contributed by atoms with van der Waals surface area (Å²) in [7, 11) is 3.98. The highest BCUT2D eigenvalue weighted by molar-refractivity contribution is 5.77. The molecule has 0 rings (SSSR count). The normalized spacial score (nSPS) is 12.2. The summed E-state index contributed by atoms with van der Waals surface area (Å²) in [5, 5.41) is 14.0. The maximum absolute atomic E-state index is 11.2. The summed E-state index contributed by atoms with van der Waals surface area (Å²) in [5.74, 6) is -0.0594. The second-order valence-corrected chi connectivity index (χ2v) is 3.80. The highest BCUT2D eigenvalue weighted by atomic mass is 16.1. The monoisotopic (exact) mass is 212 g/mol. The van der Waals surface area contributed by atoms with Gasteiger partial charge in [0.15, 0.2) is 0 Å². The van der Waals surface area contributed by atoms with Crippen molar-refractivity contribution in [3.05, 3.63) is 0 Å². The van der Waals surface area contributed by atoms with Gasteiger partial charge in [-0.15, -0.1) is 0 Å². The SMILES string of the molecule is CC(CN(C)C)NCC(=O)NCCC#N. The van der Waals surface area contributed by atoms with Gasteiger partial charge in [-0.05, 0) is 21.0 Å². The lowest BCUT2D eigenvalue weighted by Gasteiger charge is -2.17. The fourth-order valence-corrected chi connectivity index (χ4v) is 1.20. The molecule has 0 aromatic rings. The van der Waals surface area contributed by atoms with E-state index in [9.17, 15) is 4.79 Å². The third-order valence-corrected chi connectivity index (χ3v) is 1.81. The van der Waals surface area contributed by atoms with Gasteiger partial charge in [0.25, 0.3) is 0 Å². The van der Waals surface area contributed by atoms with Crippen LogP contribution in [0.3, 0.4) is 0 Å². The smallest absolute Gasteiger partial charge is 0.233 e. The first kappa shape index (κ1) is 13.9. The van der Waals surface area contributed by atoms with E-state index in [1.165, 1.54) is 0 Å². The number of likely N-dealkylation sites (N-methyl/N-ethyl adjacent to an activating group) is 1. The van der Waals surface area contributed by atoms with E-state index in [4.69, 9.17) is 5.26 Å². The lowest BCUT2D eigenvalue weighted by atomic mass is 10.3. The Morgan fingerprint density at radius 3 is 2.73 bits per heavy atom. The molecule has 0 aliphatic heterocycles. The molecule has 0 heterocycles. The number of amides is 1. The minimum absolute atomic E-state index is 0.0594. The molecule has 0 radical (unpaired) electrons. The molecule has 1 unspecified atom stereocenters. The molecular formula is C10H20N4O. The quantitative estimate of drug-likeness (QED) is 0.561. The summed E-state index contributed by atoms with van der Waals surface area (Å²) < 4.78 is 0. The van der Waals surface area contributed by atoms with Gasteiger partial charge in [0.1, 0.15) is 0 Å². The maximum atomic E-state index is 11.2. The molecule has 1 amide bonds. The van der Waals surface area contributed by atoms with E-state index in [0.29, 0.717) is 19.5 Å². The first-order chi connectivity index (χ1) is 7.06.